The number of nitrogens with zero attached hydrogens (tertiary/aromatic N) is 1. The van der Waals surface area contributed by atoms with Gasteiger partial charge in [-0.1, -0.05) is 159 Å². The van der Waals surface area contributed by atoms with E-state index < -0.39 is 0 Å². The summed E-state index contributed by atoms with van der Waals surface area (Å²) in [6.07, 6.45) is 5.49. The first-order valence-corrected chi connectivity index (χ1v) is 19.9. The molecule has 0 spiro atoms. The summed E-state index contributed by atoms with van der Waals surface area (Å²) in [5, 5.41) is 12.6. The highest BCUT2D eigenvalue weighted by Crippen LogP contribution is 2.58. The number of allylic oxidation sites excluding steroid dienone is 2. The molecule has 1 aliphatic carbocycles. The van der Waals surface area contributed by atoms with Gasteiger partial charge < -0.3 is 4.57 Å². The molecule has 0 atom stereocenters. The van der Waals surface area contributed by atoms with Crippen LogP contribution in [0, 0.1) is 0 Å². The van der Waals surface area contributed by atoms with Gasteiger partial charge in [0.15, 0.2) is 0 Å². The average Bonchev–Trinajstić information content (AvgIpc) is 3.73. The number of hydrogen-bond donors (Lipinski definition) is 1. The Bertz CT molecular complexity index is 2960. The van der Waals surface area contributed by atoms with E-state index in [1.807, 2.05) is 0 Å². The summed E-state index contributed by atoms with van der Waals surface area (Å²) < 4.78 is 2.46. The lowest BCUT2D eigenvalue weighted by Gasteiger charge is -2.20. The topological polar surface area (TPSA) is 17.0 Å². The Labute approximate surface area is 329 Å². The molecule has 8 aromatic carbocycles. The molecule has 9 aromatic rings. The van der Waals surface area contributed by atoms with E-state index in [-0.39, 0.29) is 0 Å². The van der Waals surface area contributed by atoms with E-state index in [1.165, 1.54) is 110 Å². The standard InChI is InChI=1S/C54H44N2/c1-5-18-47-48(34(3)4)46-32-45(37-23-13-16-26-42(37)54(46)56(47)33-55-31-6-2)38-29-30-44-51-39(38)27-17-28-43(51)52-49(35-19-9-7-10-20-35)40-24-14-15-25-41(40)50(53(44)52)36-21-11-8-12-22-36/h5,7-30,32,55H,3,6,31,33H2,1-2,4H3/b18-5-. The van der Waals surface area contributed by atoms with E-state index in [4.69, 9.17) is 0 Å². The molecule has 0 amide bonds. The van der Waals surface area contributed by atoms with Crippen LogP contribution in [0.1, 0.15) is 38.4 Å². The third kappa shape index (κ3) is 5.06. The van der Waals surface area contributed by atoms with E-state index in [1.54, 1.807) is 0 Å². The predicted molar refractivity (Wildman–Crippen MR) is 243 cm³/mol. The lowest BCUT2D eigenvalue weighted by Crippen LogP contribution is -2.20. The molecule has 0 radical (unpaired) electrons. The predicted octanol–water partition coefficient (Wildman–Crippen LogP) is 14.8. The fourth-order valence-corrected chi connectivity index (χ4v) is 9.61. The second-order valence-corrected chi connectivity index (χ2v) is 15.2. The van der Waals surface area contributed by atoms with Gasteiger partial charge in [0.1, 0.15) is 0 Å². The smallest absolute Gasteiger partial charge is 0.0732 e. The maximum Gasteiger partial charge on any atom is 0.0732 e. The highest BCUT2D eigenvalue weighted by molar-refractivity contribution is 6.29. The van der Waals surface area contributed by atoms with Crippen LogP contribution in [0.4, 0.5) is 0 Å². The summed E-state index contributed by atoms with van der Waals surface area (Å²) in [4.78, 5) is 0. The summed E-state index contributed by atoms with van der Waals surface area (Å²) in [7, 11) is 0. The molecule has 0 saturated carbocycles. The Hall–Kier alpha value is -6.48. The van der Waals surface area contributed by atoms with Crippen molar-refractivity contribution >= 4 is 54.9 Å². The van der Waals surface area contributed by atoms with Crippen LogP contribution in [-0.4, -0.2) is 11.1 Å². The third-order valence-corrected chi connectivity index (χ3v) is 11.8. The van der Waals surface area contributed by atoms with Crippen LogP contribution >= 0.6 is 0 Å². The quantitative estimate of drug-likeness (QED) is 0.147. The summed E-state index contributed by atoms with van der Waals surface area (Å²) in [5.74, 6) is 0. The number of hydrogen-bond acceptors (Lipinski definition) is 1. The average molecular weight is 721 g/mol. The van der Waals surface area contributed by atoms with Crippen LogP contribution in [0.3, 0.4) is 0 Å². The van der Waals surface area contributed by atoms with Crippen molar-refractivity contribution in [2.75, 3.05) is 6.54 Å². The molecule has 1 N–H and O–H groups in total. The van der Waals surface area contributed by atoms with Crippen molar-refractivity contribution in [2.24, 2.45) is 0 Å². The monoisotopic (exact) mass is 720 g/mol. The molecule has 0 aliphatic heterocycles. The lowest BCUT2D eigenvalue weighted by molar-refractivity contribution is 0.566. The molecule has 2 heteroatoms. The van der Waals surface area contributed by atoms with Crippen LogP contribution < -0.4 is 5.32 Å². The zero-order chi connectivity index (χ0) is 37.9. The normalized spacial score (nSPS) is 12.1. The summed E-state index contributed by atoms with van der Waals surface area (Å²) in [6, 6.07) is 54.2. The fourth-order valence-electron chi connectivity index (χ4n) is 9.61. The van der Waals surface area contributed by atoms with Crippen molar-refractivity contribution in [1.82, 2.24) is 9.88 Å². The van der Waals surface area contributed by atoms with Crippen LogP contribution in [0.25, 0.3) is 111 Å². The Balaban J connectivity index is 1.32. The molecule has 1 heterocycles. The maximum absolute atomic E-state index is 4.54. The first-order valence-electron chi connectivity index (χ1n) is 19.9. The minimum atomic E-state index is 0.738. The molecular formula is C54H44N2. The van der Waals surface area contributed by atoms with Crippen LogP contribution in [0.15, 0.2) is 158 Å². The van der Waals surface area contributed by atoms with Gasteiger partial charge in [-0.2, -0.15) is 0 Å². The maximum atomic E-state index is 4.54. The van der Waals surface area contributed by atoms with Crippen molar-refractivity contribution in [3.63, 3.8) is 0 Å². The Morgan fingerprint density at radius 3 is 1.73 bits per heavy atom. The van der Waals surface area contributed by atoms with Gasteiger partial charge in [-0.3, -0.25) is 5.32 Å². The SMILES string of the molecule is C=C(C)c1c(/C=C\C)n(CNCCC)c2c1cc(-c1ccc3c4c(cccc14)-c1c-3c(-c3ccccc3)c3ccccc3c1-c1ccccc1)c1ccccc12. The molecule has 1 aromatic heterocycles. The number of nitrogens with one attached hydrogen (secondary N) is 1. The molecule has 270 valence electrons. The van der Waals surface area contributed by atoms with Gasteiger partial charge in [0, 0.05) is 16.3 Å². The van der Waals surface area contributed by atoms with Crippen LogP contribution in [-0.2, 0) is 6.67 Å². The molecule has 10 rings (SSSR count). The second kappa shape index (κ2) is 13.7. The summed E-state index contributed by atoms with van der Waals surface area (Å²) in [6.45, 7) is 12.7. The first-order chi connectivity index (χ1) is 27.6. The van der Waals surface area contributed by atoms with Crippen molar-refractivity contribution in [1.29, 1.82) is 0 Å². The van der Waals surface area contributed by atoms with Gasteiger partial charge in [-0.05, 0) is 127 Å². The molecule has 0 fully saturated rings. The van der Waals surface area contributed by atoms with Crippen LogP contribution in [0.2, 0.25) is 0 Å². The van der Waals surface area contributed by atoms with Crippen molar-refractivity contribution in [2.45, 2.75) is 33.9 Å². The van der Waals surface area contributed by atoms with Gasteiger partial charge in [0.05, 0.1) is 17.9 Å². The largest absolute Gasteiger partial charge is 0.326 e. The van der Waals surface area contributed by atoms with Gasteiger partial charge in [-0.15, -0.1) is 0 Å². The Morgan fingerprint density at radius 2 is 1.12 bits per heavy atom. The van der Waals surface area contributed by atoms with Crippen LogP contribution in [0.5, 0.6) is 0 Å². The van der Waals surface area contributed by atoms with Gasteiger partial charge in [-0.25, -0.2) is 0 Å². The van der Waals surface area contributed by atoms with Gasteiger partial charge in [0.25, 0.3) is 0 Å². The van der Waals surface area contributed by atoms with Gasteiger partial charge >= 0.3 is 0 Å². The fraction of sp³-hybridized carbons (Fsp3) is 0.111. The molecule has 56 heavy (non-hydrogen) atoms. The summed E-state index contributed by atoms with van der Waals surface area (Å²) in [5.41, 5.74) is 17.6. The van der Waals surface area contributed by atoms with E-state index in [9.17, 15) is 0 Å². The third-order valence-electron chi connectivity index (χ3n) is 11.8. The molecule has 2 nitrogen and oxygen atoms in total. The summed E-state index contributed by atoms with van der Waals surface area (Å²) >= 11 is 0. The lowest BCUT2D eigenvalue weighted by atomic mass is 9.82. The molecular weight excluding hydrogens is 677 g/mol. The highest BCUT2D eigenvalue weighted by atomic mass is 15.1. The zero-order valence-electron chi connectivity index (χ0n) is 32.3. The van der Waals surface area contributed by atoms with E-state index >= 15 is 0 Å². The molecule has 0 bridgehead atoms. The number of benzene rings is 8. The number of fused-ring (bicyclic) bond motifs is 7. The number of aromatic nitrogens is 1. The van der Waals surface area contributed by atoms with Crippen molar-refractivity contribution in [3.05, 3.63) is 170 Å². The zero-order valence-corrected chi connectivity index (χ0v) is 32.3. The highest BCUT2D eigenvalue weighted by Gasteiger charge is 2.31. The Kier molecular flexibility index (Phi) is 8.31. The minimum absolute atomic E-state index is 0.738. The first kappa shape index (κ1) is 34.0. The molecule has 1 aliphatic rings. The van der Waals surface area contributed by atoms with E-state index in [0.29, 0.717) is 0 Å². The van der Waals surface area contributed by atoms with E-state index in [2.05, 4.69) is 195 Å². The van der Waals surface area contributed by atoms with Crippen molar-refractivity contribution < 1.29 is 0 Å². The number of rotatable bonds is 9. The van der Waals surface area contributed by atoms with Gasteiger partial charge in [0.2, 0.25) is 0 Å². The minimum Gasteiger partial charge on any atom is -0.326 e. The molecule has 0 unspecified atom stereocenters. The Morgan fingerprint density at radius 1 is 0.571 bits per heavy atom. The second-order valence-electron chi connectivity index (χ2n) is 15.2. The van der Waals surface area contributed by atoms with E-state index in [0.717, 1.165) is 25.2 Å². The molecule has 0 saturated heterocycles. The van der Waals surface area contributed by atoms with Crippen molar-refractivity contribution in [3.8, 4) is 55.6 Å².